The molecule has 124 valence electrons. The molecule has 0 aliphatic carbocycles. The van der Waals surface area contributed by atoms with E-state index in [0.29, 0.717) is 31.5 Å². The van der Waals surface area contributed by atoms with Gasteiger partial charge in [-0.3, -0.25) is 4.79 Å². The minimum atomic E-state index is -3.19. The van der Waals surface area contributed by atoms with Crippen molar-refractivity contribution < 1.29 is 17.6 Å². The molecule has 0 atom stereocenters. The molecule has 1 aliphatic rings. The highest BCUT2D eigenvalue weighted by molar-refractivity contribution is 7.88. The van der Waals surface area contributed by atoms with Gasteiger partial charge in [-0.15, -0.1) is 0 Å². The summed E-state index contributed by atoms with van der Waals surface area (Å²) in [5.41, 5.74) is 0.295. The first-order valence-electron chi connectivity index (χ1n) is 7.34. The molecule has 0 bridgehead atoms. The summed E-state index contributed by atoms with van der Waals surface area (Å²) < 4.78 is 37.6. The van der Waals surface area contributed by atoms with E-state index in [1.807, 2.05) is 0 Å². The Labute approximate surface area is 135 Å². The van der Waals surface area contributed by atoms with E-state index in [-0.39, 0.29) is 24.2 Å². The average molecular weight is 338 g/mol. The van der Waals surface area contributed by atoms with Gasteiger partial charge in [0.1, 0.15) is 5.82 Å². The molecule has 1 saturated heterocycles. The summed E-state index contributed by atoms with van der Waals surface area (Å²) in [5, 5.41) is 2.69. The van der Waals surface area contributed by atoms with Crippen molar-refractivity contribution >= 4 is 15.9 Å². The number of nitrogens with one attached hydrogen (secondary N) is 1. The molecule has 23 heavy (non-hydrogen) atoms. The average Bonchev–Trinajstić information content (AvgIpc) is 2.52. The largest absolute Gasteiger partial charge is 0.345 e. The second-order valence-electron chi connectivity index (χ2n) is 5.44. The topological polar surface area (TPSA) is 66.5 Å². The van der Waals surface area contributed by atoms with Crippen LogP contribution in [-0.2, 0) is 14.8 Å². The number of piperidine rings is 1. The summed E-state index contributed by atoms with van der Waals surface area (Å²) in [6.45, 7) is 0.856. The van der Waals surface area contributed by atoms with Gasteiger partial charge in [0.15, 0.2) is 0 Å². The van der Waals surface area contributed by atoms with Crippen LogP contribution in [0.1, 0.15) is 18.4 Å². The highest BCUT2D eigenvalue weighted by Gasteiger charge is 2.28. The molecule has 1 aliphatic heterocycles. The molecular weight excluding hydrogens is 319 g/mol. The van der Waals surface area contributed by atoms with E-state index in [1.165, 1.54) is 16.6 Å². The van der Waals surface area contributed by atoms with Crippen LogP contribution in [0.15, 0.2) is 24.3 Å². The maximum atomic E-state index is 13.4. The monoisotopic (exact) mass is 338 g/mol. The lowest BCUT2D eigenvalue weighted by molar-refractivity contribution is -0.125. The SMILES string of the molecule is CS(=O)(=O)N1CCC(C(=O)NCC#Cc2ccccc2F)CC1. The van der Waals surface area contributed by atoms with Crippen LogP contribution >= 0.6 is 0 Å². The summed E-state index contributed by atoms with van der Waals surface area (Å²) in [5.74, 6) is 4.66. The van der Waals surface area contributed by atoms with E-state index < -0.39 is 10.0 Å². The number of carbonyl (C=O) groups excluding carboxylic acids is 1. The molecule has 1 N–H and O–H groups in total. The second kappa shape index (κ2) is 7.57. The van der Waals surface area contributed by atoms with E-state index in [0.717, 1.165) is 0 Å². The predicted molar refractivity (Wildman–Crippen MR) is 85.4 cm³/mol. The van der Waals surface area contributed by atoms with Crippen LogP contribution in [0.3, 0.4) is 0 Å². The number of benzene rings is 1. The molecule has 0 unspecified atom stereocenters. The highest BCUT2D eigenvalue weighted by atomic mass is 32.2. The number of amides is 1. The highest BCUT2D eigenvalue weighted by Crippen LogP contribution is 2.19. The van der Waals surface area contributed by atoms with Gasteiger partial charge in [0.25, 0.3) is 0 Å². The third-order valence-corrected chi connectivity index (χ3v) is 5.04. The molecule has 1 aromatic carbocycles. The van der Waals surface area contributed by atoms with Gasteiger partial charge < -0.3 is 5.32 Å². The number of hydrogen-bond acceptors (Lipinski definition) is 3. The fraction of sp³-hybridized carbons (Fsp3) is 0.438. The van der Waals surface area contributed by atoms with Crippen LogP contribution in [0.4, 0.5) is 4.39 Å². The van der Waals surface area contributed by atoms with Crippen LogP contribution in [0.2, 0.25) is 0 Å². The Kier molecular flexibility index (Phi) is 5.74. The van der Waals surface area contributed by atoms with Gasteiger partial charge in [-0.05, 0) is 25.0 Å². The first-order valence-corrected chi connectivity index (χ1v) is 9.19. The summed E-state index contributed by atoms with van der Waals surface area (Å²) >= 11 is 0. The van der Waals surface area contributed by atoms with Crippen LogP contribution in [0.25, 0.3) is 0 Å². The minimum absolute atomic E-state index is 0.138. The van der Waals surface area contributed by atoms with Crippen molar-refractivity contribution in [2.45, 2.75) is 12.8 Å². The molecule has 5 nitrogen and oxygen atoms in total. The van der Waals surface area contributed by atoms with E-state index >= 15 is 0 Å². The molecule has 1 aromatic rings. The first kappa shape index (κ1) is 17.4. The zero-order valence-corrected chi connectivity index (χ0v) is 13.7. The third-order valence-electron chi connectivity index (χ3n) is 3.74. The number of hydrogen-bond donors (Lipinski definition) is 1. The standard InChI is InChI=1S/C16H19FN2O3S/c1-23(21,22)19-11-8-14(9-12-19)16(20)18-10-4-6-13-5-2-3-7-15(13)17/h2-3,5,7,14H,8-12H2,1H3,(H,18,20). The Morgan fingerprint density at radius 1 is 1.35 bits per heavy atom. The van der Waals surface area contributed by atoms with Crippen molar-refractivity contribution in [3.05, 3.63) is 35.6 Å². The van der Waals surface area contributed by atoms with Crippen molar-refractivity contribution in [2.75, 3.05) is 25.9 Å². The quantitative estimate of drug-likeness (QED) is 0.835. The van der Waals surface area contributed by atoms with Crippen LogP contribution in [-0.4, -0.2) is 44.5 Å². The number of halogens is 1. The fourth-order valence-electron chi connectivity index (χ4n) is 2.43. The number of nitrogens with zero attached hydrogens (tertiary/aromatic N) is 1. The lowest BCUT2D eigenvalue weighted by Gasteiger charge is -2.29. The van der Waals surface area contributed by atoms with E-state index in [2.05, 4.69) is 17.2 Å². The Balaban J connectivity index is 1.80. The van der Waals surface area contributed by atoms with Crippen LogP contribution in [0, 0.1) is 23.6 Å². The Bertz CT molecular complexity index is 729. The fourth-order valence-corrected chi connectivity index (χ4v) is 3.30. The molecule has 0 saturated carbocycles. The molecule has 1 heterocycles. The Morgan fingerprint density at radius 2 is 2.00 bits per heavy atom. The molecule has 0 aromatic heterocycles. The maximum absolute atomic E-state index is 13.4. The minimum Gasteiger partial charge on any atom is -0.345 e. The van der Waals surface area contributed by atoms with Crippen molar-refractivity contribution in [2.24, 2.45) is 5.92 Å². The van der Waals surface area contributed by atoms with E-state index in [4.69, 9.17) is 0 Å². The smallest absolute Gasteiger partial charge is 0.223 e. The molecule has 7 heteroatoms. The van der Waals surface area contributed by atoms with Gasteiger partial charge >= 0.3 is 0 Å². The summed E-state index contributed by atoms with van der Waals surface area (Å²) in [6, 6.07) is 6.19. The Morgan fingerprint density at radius 3 is 2.61 bits per heavy atom. The molecule has 0 radical (unpaired) electrons. The van der Waals surface area contributed by atoms with E-state index in [1.54, 1.807) is 18.2 Å². The summed E-state index contributed by atoms with van der Waals surface area (Å²) in [4.78, 5) is 12.0. The summed E-state index contributed by atoms with van der Waals surface area (Å²) in [6.07, 6.45) is 2.17. The third kappa shape index (κ3) is 5.05. The van der Waals surface area contributed by atoms with Gasteiger partial charge in [0.2, 0.25) is 15.9 Å². The van der Waals surface area contributed by atoms with Crippen molar-refractivity contribution in [3.8, 4) is 11.8 Å². The second-order valence-corrected chi connectivity index (χ2v) is 7.42. The summed E-state index contributed by atoms with van der Waals surface area (Å²) in [7, 11) is -3.19. The maximum Gasteiger partial charge on any atom is 0.223 e. The van der Waals surface area contributed by atoms with Crippen molar-refractivity contribution in [1.29, 1.82) is 0 Å². The van der Waals surface area contributed by atoms with Gasteiger partial charge in [-0.2, -0.15) is 0 Å². The molecule has 1 fully saturated rings. The number of carbonyl (C=O) groups is 1. The Hall–Kier alpha value is -1.91. The lowest BCUT2D eigenvalue weighted by atomic mass is 9.97. The van der Waals surface area contributed by atoms with Gasteiger partial charge in [0.05, 0.1) is 18.4 Å². The van der Waals surface area contributed by atoms with Crippen molar-refractivity contribution in [3.63, 3.8) is 0 Å². The number of rotatable bonds is 3. The van der Waals surface area contributed by atoms with Crippen molar-refractivity contribution in [1.82, 2.24) is 9.62 Å². The lowest BCUT2D eigenvalue weighted by Crippen LogP contribution is -2.42. The molecule has 2 rings (SSSR count). The zero-order valence-electron chi connectivity index (χ0n) is 12.9. The molecule has 0 spiro atoms. The van der Waals surface area contributed by atoms with Gasteiger partial charge in [-0.25, -0.2) is 17.1 Å². The van der Waals surface area contributed by atoms with Crippen LogP contribution < -0.4 is 5.32 Å². The normalized spacial score (nSPS) is 16.4. The van der Waals surface area contributed by atoms with E-state index in [9.17, 15) is 17.6 Å². The molecular formula is C16H19FN2O3S. The van der Waals surface area contributed by atoms with Crippen LogP contribution in [0.5, 0.6) is 0 Å². The molecule has 1 amide bonds. The predicted octanol–water partition coefficient (Wildman–Crippen LogP) is 0.965. The number of sulfonamides is 1. The van der Waals surface area contributed by atoms with Gasteiger partial charge in [-0.1, -0.05) is 24.0 Å². The van der Waals surface area contributed by atoms with Gasteiger partial charge in [0, 0.05) is 19.0 Å². The first-order chi connectivity index (χ1) is 10.9. The zero-order chi connectivity index (χ0) is 16.9.